The van der Waals surface area contributed by atoms with Gasteiger partial charge in [0.1, 0.15) is 29.1 Å². The molecule has 0 aromatic heterocycles. The lowest BCUT2D eigenvalue weighted by molar-refractivity contribution is -0.211. The topological polar surface area (TPSA) is 134 Å². The van der Waals surface area contributed by atoms with Crippen molar-refractivity contribution in [2.45, 2.75) is 12.7 Å². The van der Waals surface area contributed by atoms with E-state index in [4.69, 9.17) is 15.3 Å². The van der Waals surface area contributed by atoms with E-state index in [1.165, 1.54) is 19.3 Å². The summed E-state index contributed by atoms with van der Waals surface area (Å²) >= 11 is 0. The van der Waals surface area contributed by atoms with Gasteiger partial charge in [-0.05, 0) is 6.07 Å². The van der Waals surface area contributed by atoms with Crippen LogP contribution in [0.3, 0.4) is 0 Å². The summed E-state index contributed by atoms with van der Waals surface area (Å²) in [6, 6.07) is 8.84. The number of aliphatic hydroxyl groups is 1. The molecule has 1 atom stereocenters. The highest BCUT2D eigenvalue weighted by Gasteiger charge is 2.46. The fraction of sp³-hybridized carbons (Fsp3) is 0.118. The third-order valence-electron chi connectivity index (χ3n) is 3.67. The van der Waals surface area contributed by atoms with Gasteiger partial charge in [0.25, 0.3) is 5.79 Å². The van der Waals surface area contributed by atoms with Gasteiger partial charge in [-0.25, -0.2) is 10.3 Å². The molecule has 1 aliphatic heterocycles. The maximum Gasteiger partial charge on any atom is 0.254 e. The summed E-state index contributed by atoms with van der Waals surface area (Å²) in [7, 11) is 0. The van der Waals surface area contributed by atoms with Crippen molar-refractivity contribution in [2.24, 2.45) is 0 Å². The number of fused-ring (bicyclic) bond motifs is 1. The smallest absolute Gasteiger partial charge is 0.254 e. The Hall–Kier alpha value is -3.23. The Bertz CT molecular complexity index is 879. The monoisotopic (exact) mass is 344 g/mol. The van der Waals surface area contributed by atoms with Gasteiger partial charge in [-0.2, -0.15) is 0 Å². The second-order valence-corrected chi connectivity index (χ2v) is 5.48. The number of hydrogen-bond donors (Lipinski definition) is 5. The Morgan fingerprint density at radius 1 is 1.28 bits per heavy atom. The van der Waals surface area contributed by atoms with E-state index in [-0.39, 0.29) is 22.6 Å². The Balaban J connectivity index is 2.20. The van der Waals surface area contributed by atoms with Crippen LogP contribution in [0, 0.1) is 0 Å². The number of nitrogen functional groups attached to an aromatic ring is 1. The van der Waals surface area contributed by atoms with Crippen LogP contribution in [0.1, 0.15) is 18.1 Å². The molecule has 1 aliphatic rings. The van der Waals surface area contributed by atoms with E-state index in [0.717, 1.165) is 6.07 Å². The lowest BCUT2D eigenvalue weighted by atomic mass is 9.89. The number of phenolic OH excluding ortho intramolecular Hbond substituents is 2. The molecule has 1 heterocycles. The van der Waals surface area contributed by atoms with E-state index in [0.29, 0.717) is 11.3 Å². The normalized spacial score (nSPS) is 18.7. The van der Waals surface area contributed by atoms with E-state index < -0.39 is 17.4 Å². The molecule has 6 N–H and O–H groups in total. The predicted molar refractivity (Wildman–Crippen MR) is 88.0 cm³/mol. The number of rotatable bonds is 3. The molecule has 3 rings (SSSR count). The third kappa shape index (κ3) is 2.84. The van der Waals surface area contributed by atoms with Gasteiger partial charge >= 0.3 is 0 Å². The first-order valence-corrected chi connectivity index (χ1v) is 7.28. The molecule has 1 unspecified atom stereocenters. The van der Waals surface area contributed by atoms with Crippen LogP contribution in [0.2, 0.25) is 0 Å². The van der Waals surface area contributed by atoms with Crippen LogP contribution >= 0.6 is 0 Å². The van der Waals surface area contributed by atoms with Gasteiger partial charge in [-0.1, -0.05) is 18.2 Å². The molecular weight excluding hydrogens is 328 g/mol. The van der Waals surface area contributed by atoms with E-state index >= 15 is 0 Å². The summed E-state index contributed by atoms with van der Waals surface area (Å²) in [6.45, 7) is 1.19. The number of amides is 1. The number of hydrogen-bond acceptors (Lipinski definition) is 7. The lowest BCUT2D eigenvalue weighted by Gasteiger charge is -2.35. The highest BCUT2D eigenvalue weighted by Crippen LogP contribution is 2.50. The Labute approximate surface area is 142 Å². The van der Waals surface area contributed by atoms with Crippen molar-refractivity contribution in [3.05, 3.63) is 53.8 Å². The Kier molecular flexibility index (Phi) is 3.99. The number of ether oxygens (including phenoxy) is 1. The molecule has 0 fully saturated rings. The van der Waals surface area contributed by atoms with Crippen molar-refractivity contribution >= 4 is 17.2 Å². The van der Waals surface area contributed by atoms with Crippen molar-refractivity contribution in [2.75, 3.05) is 5.73 Å². The van der Waals surface area contributed by atoms with Gasteiger partial charge in [0.15, 0.2) is 0 Å². The summed E-state index contributed by atoms with van der Waals surface area (Å²) in [4.78, 5) is 16.5. The van der Waals surface area contributed by atoms with Crippen molar-refractivity contribution in [3.8, 4) is 17.2 Å². The summed E-state index contributed by atoms with van der Waals surface area (Å²) in [5, 5.41) is 31.0. The van der Waals surface area contributed by atoms with Crippen molar-refractivity contribution in [1.82, 2.24) is 5.48 Å². The second kappa shape index (κ2) is 6.00. The fourth-order valence-corrected chi connectivity index (χ4v) is 2.60. The van der Waals surface area contributed by atoms with Gasteiger partial charge in [0.2, 0.25) is 5.91 Å². The summed E-state index contributed by atoms with van der Waals surface area (Å²) < 4.78 is 5.42. The van der Waals surface area contributed by atoms with E-state index in [1.807, 2.05) is 0 Å². The van der Waals surface area contributed by atoms with E-state index in [9.17, 15) is 20.1 Å². The first kappa shape index (κ1) is 16.6. The van der Waals surface area contributed by atoms with Crippen LogP contribution in [0.4, 0.5) is 5.69 Å². The Morgan fingerprint density at radius 3 is 2.68 bits per heavy atom. The van der Waals surface area contributed by atoms with Crippen molar-refractivity contribution in [1.29, 1.82) is 0 Å². The average Bonchev–Trinajstić information content (AvgIpc) is 2.53. The lowest BCUT2D eigenvalue weighted by Crippen LogP contribution is -2.40. The molecule has 0 bridgehead atoms. The molecule has 2 aromatic carbocycles. The number of hydroxylamine groups is 1. The molecule has 8 nitrogen and oxygen atoms in total. The minimum atomic E-state index is -2.30. The summed E-state index contributed by atoms with van der Waals surface area (Å²) in [5.41, 5.74) is 8.60. The van der Waals surface area contributed by atoms with E-state index in [2.05, 4.69) is 5.48 Å². The molecule has 8 heteroatoms. The standard InChI is InChI=1S/C17H16N2O6/c1-9(20)19-25-17(23)12(11-4-2-3-5-13(11)18)8-24-15-7-10(21)6-14(22)16(15)17/h2-8,21-23H,18H2,1H3,(H,19,20). The highest BCUT2D eigenvalue weighted by molar-refractivity contribution is 5.82. The summed E-state index contributed by atoms with van der Waals surface area (Å²) in [6.07, 6.45) is 1.18. The maximum absolute atomic E-state index is 11.3. The summed E-state index contributed by atoms with van der Waals surface area (Å²) in [5.74, 6) is -3.66. The minimum absolute atomic E-state index is 0.0383. The van der Waals surface area contributed by atoms with Gasteiger partial charge in [0, 0.05) is 30.3 Å². The maximum atomic E-state index is 11.3. The molecule has 0 aliphatic carbocycles. The van der Waals surface area contributed by atoms with Crippen LogP contribution in [0.15, 0.2) is 42.7 Å². The molecular formula is C17H16N2O6. The fourth-order valence-electron chi connectivity index (χ4n) is 2.60. The number of carbonyl (C=O) groups is 1. The van der Waals surface area contributed by atoms with Crippen LogP contribution in [0.5, 0.6) is 17.2 Å². The number of nitrogens with one attached hydrogen (secondary N) is 1. The van der Waals surface area contributed by atoms with Gasteiger partial charge in [-0.3, -0.25) is 4.79 Å². The Morgan fingerprint density at radius 2 is 2.00 bits per heavy atom. The zero-order valence-corrected chi connectivity index (χ0v) is 13.2. The number of anilines is 1. The zero-order chi connectivity index (χ0) is 18.2. The van der Waals surface area contributed by atoms with Crippen LogP contribution in [-0.4, -0.2) is 21.2 Å². The molecule has 1 amide bonds. The molecule has 0 radical (unpaired) electrons. The van der Waals surface area contributed by atoms with Crippen LogP contribution in [-0.2, 0) is 15.4 Å². The second-order valence-electron chi connectivity index (χ2n) is 5.48. The zero-order valence-electron chi connectivity index (χ0n) is 13.2. The third-order valence-corrected chi connectivity index (χ3v) is 3.67. The van der Waals surface area contributed by atoms with Gasteiger partial charge in [-0.15, -0.1) is 0 Å². The number of nitrogens with two attached hydrogens (primary N) is 1. The first-order valence-electron chi connectivity index (χ1n) is 7.28. The molecule has 25 heavy (non-hydrogen) atoms. The van der Waals surface area contributed by atoms with Gasteiger partial charge in [0.05, 0.1) is 5.57 Å². The number of carbonyl (C=O) groups excluding carboxylic acids is 1. The number of phenols is 2. The minimum Gasteiger partial charge on any atom is -0.508 e. The first-order chi connectivity index (χ1) is 11.8. The predicted octanol–water partition coefficient (Wildman–Crippen LogP) is 1.33. The van der Waals surface area contributed by atoms with Gasteiger partial charge < -0.3 is 25.8 Å². The molecule has 2 aromatic rings. The number of benzene rings is 2. The molecule has 0 spiro atoms. The number of aromatic hydroxyl groups is 2. The SMILES string of the molecule is CC(=O)NOC1(O)C(c2ccccc2N)=COc2cc(O)cc(O)c21. The quantitative estimate of drug-likeness (QED) is 0.322. The van der Waals surface area contributed by atoms with Crippen LogP contribution in [0.25, 0.3) is 5.57 Å². The largest absolute Gasteiger partial charge is 0.508 e. The van der Waals surface area contributed by atoms with Crippen molar-refractivity contribution < 1.29 is 29.7 Å². The van der Waals surface area contributed by atoms with Crippen LogP contribution < -0.4 is 16.0 Å². The number of para-hydroxylation sites is 1. The van der Waals surface area contributed by atoms with E-state index in [1.54, 1.807) is 24.3 Å². The average molecular weight is 344 g/mol. The molecule has 0 saturated carbocycles. The highest BCUT2D eigenvalue weighted by atomic mass is 16.7. The van der Waals surface area contributed by atoms with Crippen molar-refractivity contribution in [3.63, 3.8) is 0 Å². The molecule has 0 saturated heterocycles. The molecule has 130 valence electrons.